The molecule has 3 amide bonds. The maximum absolute atomic E-state index is 14.0. The van der Waals surface area contributed by atoms with E-state index in [1.807, 2.05) is 0 Å². The fourth-order valence-corrected chi connectivity index (χ4v) is 7.88. The van der Waals surface area contributed by atoms with E-state index in [1.54, 1.807) is 48.5 Å². The number of fused-ring (bicyclic) bond motifs is 2. The Morgan fingerprint density at radius 1 is 0.977 bits per heavy atom. The normalized spacial score (nSPS) is 19.4. The number of para-hydroxylation sites is 2. The number of aromatic nitrogens is 1. The molecule has 14 heteroatoms. The van der Waals surface area contributed by atoms with Crippen LogP contribution >= 0.6 is 23.1 Å². The third kappa shape index (κ3) is 5.35. The SMILES string of the molecule is COc1ccc(N2C(=O)C3Sc4[nH]c(=O)sc4C(c4ccccc4OCC(=O)Nc4ccccc4C(F)(F)F)C3C2=O)cc1. The van der Waals surface area contributed by atoms with Crippen LogP contribution in [0.4, 0.5) is 24.5 Å². The smallest absolute Gasteiger partial charge is 0.418 e. The average molecular weight is 642 g/mol. The first-order valence-corrected chi connectivity index (χ1v) is 14.9. The fourth-order valence-electron chi connectivity index (χ4n) is 5.38. The van der Waals surface area contributed by atoms with Crippen LogP contribution in [-0.4, -0.2) is 41.7 Å². The van der Waals surface area contributed by atoms with Crippen molar-refractivity contribution in [2.75, 3.05) is 23.9 Å². The van der Waals surface area contributed by atoms with Crippen LogP contribution < -0.4 is 24.6 Å². The molecule has 3 atom stereocenters. The highest BCUT2D eigenvalue weighted by Gasteiger charge is 2.56. The number of methoxy groups -OCH3 is 1. The molecule has 2 aliphatic heterocycles. The molecule has 0 aliphatic carbocycles. The topological polar surface area (TPSA) is 118 Å². The third-order valence-corrected chi connectivity index (χ3v) is 9.68. The summed E-state index contributed by atoms with van der Waals surface area (Å²) in [5.41, 5.74) is -0.600. The van der Waals surface area contributed by atoms with Crippen LogP contribution in [0.3, 0.4) is 0 Å². The van der Waals surface area contributed by atoms with Crippen molar-refractivity contribution in [2.24, 2.45) is 5.92 Å². The Labute approximate surface area is 256 Å². The number of thiazole rings is 1. The van der Waals surface area contributed by atoms with Gasteiger partial charge in [0.25, 0.3) is 5.91 Å². The molecule has 0 radical (unpaired) electrons. The number of carbonyl (C=O) groups is 3. The van der Waals surface area contributed by atoms with Gasteiger partial charge in [0.15, 0.2) is 6.61 Å². The number of ether oxygens (including phenoxy) is 2. The maximum atomic E-state index is 14.0. The van der Waals surface area contributed by atoms with Crippen LogP contribution in [0.5, 0.6) is 11.5 Å². The van der Waals surface area contributed by atoms with Gasteiger partial charge in [0, 0.05) is 16.4 Å². The lowest BCUT2D eigenvalue weighted by Gasteiger charge is -2.30. The van der Waals surface area contributed by atoms with Gasteiger partial charge >= 0.3 is 11.0 Å². The predicted octanol–water partition coefficient (Wildman–Crippen LogP) is 5.28. The summed E-state index contributed by atoms with van der Waals surface area (Å²) < 4.78 is 51.2. The van der Waals surface area contributed by atoms with Gasteiger partial charge < -0.3 is 19.8 Å². The van der Waals surface area contributed by atoms with Crippen LogP contribution in [0.1, 0.15) is 21.9 Å². The molecule has 3 unspecified atom stereocenters. The van der Waals surface area contributed by atoms with Crippen LogP contribution in [0.15, 0.2) is 82.6 Å². The summed E-state index contributed by atoms with van der Waals surface area (Å²) in [7, 11) is 1.50. The number of benzene rings is 3. The molecule has 1 aromatic heterocycles. The molecule has 3 aromatic carbocycles. The first-order chi connectivity index (χ1) is 21.1. The molecule has 9 nitrogen and oxygen atoms in total. The second-order valence-corrected chi connectivity index (χ2v) is 12.0. The van der Waals surface area contributed by atoms with Crippen molar-refractivity contribution in [1.82, 2.24) is 4.98 Å². The third-order valence-electron chi connectivity index (χ3n) is 7.27. The number of imide groups is 1. The monoisotopic (exact) mass is 641 g/mol. The zero-order chi connectivity index (χ0) is 31.2. The minimum Gasteiger partial charge on any atom is -0.497 e. The number of amides is 3. The number of halogens is 3. The number of nitrogens with zero attached hydrogens (tertiary/aromatic N) is 1. The van der Waals surface area contributed by atoms with E-state index >= 15 is 0 Å². The highest BCUT2D eigenvalue weighted by Crippen LogP contribution is 2.54. The molecule has 6 rings (SSSR count). The number of alkyl halides is 3. The van der Waals surface area contributed by atoms with E-state index in [-0.39, 0.29) is 10.6 Å². The molecule has 2 aliphatic rings. The van der Waals surface area contributed by atoms with E-state index in [4.69, 9.17) is 9.47 Å². The van der Waals surface area contributed by atoms with Gasteiger partial charge in [-0.1, -0.05) is 53.4 Å². The van der Waals surface area contributed by atoms with Crippen molar-refractivity contribution < 1.29 is 37.0 Å². The summed E-state index contributed by atoms with van der Waals surface area (Å²) in [5, 5.41) is 1.84. The summed E-state index contributed by atoms with van der Waals surface area (Å²) in [6.45, 7) is -0.639. The van der Waals surface area contributed by atoms with Gasteiger partial charge in [0.1, 0.15) is 16.7 Å². The molecular weight excluding hydrogens is 619 g/mol. The van der Waals surface area contributed by atoms with Crippen molar-refractivity contribution in [3.05, 3.63) is 98.5 Å². The lowest BCUT2D eigenvalue weighted by Crippen LogP contribution is -2.32. The van der Waals surface area contributed by atoms with Crippen LogP contribution in [0.25, 0.3) is 0 Å². The number of hydrogen-bond donors (Lipinski definition) is 2. The lowest BCUT2D eigenvalue weighted by molar-refractivity contribution is -0.137. The van der Waals surface area contributed by atoms with Crippen molar-refractivity contribution >= 4 is 52.2 Å². The van der Waals surface area contributed by atoms with E-state index in [1.165, 1.54) is 19.2 Å². The molecule has 0 spiro atoms. The van der Waals surface area contributed by atoms with E-state index in [2.05, 4.69) is 10.3 Å². The van der Waals surface area contributed by atoms with E-state index in [0.717, 1.165) is 40.1 Å². The van der Waals surface area contributed by atoms with Crippen LogP contribution in [0.2, 0.25) is 0 Å². The Morgan fingerprint density at radius 2 is 1.68 bits per heavy atom. The molecule has 1 fully saturated rings. The molecule has 2 N–H and O–H groups in total. The zero-order valence-corrected chi connectivity index (χ0v) is 24.3. The van der Waals surface area contributed by atoms with Gasteiger partial charge in [-0.25, -0.2) is 4.90 Å². The van der Waals surface area contributed by atoms with E-state index in [9.17, 15) is 32.3 Å². The van der Waals surface area contributed by atoms with Crippen molar-refractivity contribution in [2.45, 2.75) is 22.4 Å². The predicted molar refractivity (Wildman–Crippen MR) is 157 cm³/mol. The number of H-pyrrole nitrogens is 1. The molecule has 1 saturated heterocycles. The van der Waals surface area contributed by atoms with Crippen molar-refractivity contribution in [1.29, 1.82) is 0 Å². The largest absolute Gasteiger partial charge is 0.497 e. The zero-order valence-electron chi connectivity index (χ0n) is 22.7. The molecule has 226 valence electrons. The van der Waals surface area contributed by atoms with Gasteiger partial charge in [-0.05, 0) is 42.5 Å². The average Bonchev–Trinajstić information content (AvgIpc) is 3.50. The Hall–Kier alpha value is -4.56. The second kappa shape index (κ2) is 11.5. The highest BCUT2D eigenvalue weighted by molar-refractivity contribution is 8.00. The van der Waals surface area contributed by atoms with E-state index < -0.39 is 58.8 Å². The minimum absolute atomic E-state index is 0.178. The number of anilines is 2. The lowest BCUT2D eigenvalue weighted by atomic mass is 9.82. The summed E-state index contributed by atoms with van der Waals surface area (Å²) in [4.78, 5) is 56.9. The molecule has 0 bridgehead atoms. The number of nitrogens with one attached hydrogen (secondary N) is 2. The summed E-state index contributed by atoms with van der Waals surface area (Å²) in [6, 6.07) is 17.6. The fraction of sp³-hybridized carbons (Fsp3) is 0.200. The maximum Gasteiger partial charge on any atom is 0.418 e. The number of rotatable bonds is 7. The van der Waals surface area contributed by atoms with Crippen LogP contribution in [0, 0.1) is 5.92 Å². The summed E-state index contributed by atoms with van der Waals surface area (Å²) in [5.74, 6) is -2.72. The molecular formula is C30H22F3N3O6S2. The second-order valence-electron chi connectivity index (χ2n) is 9.88. The highest BCUT2D eigenvalue weighted by atomic mass is 32.2. The number of carbonyl (C=O) groups excluding carboxylic acids is 3. The Kier molecular flexibility index (Phi) is 7.72. The Balaban J connectivity index is 1.31. The van der Waals surface area contributed by atoms with Gasteiger partial charge in [-0.15, -0.1) is 0 Å². The molecule has 4 aromatic rings. The van der Waals surface area contributed by atoms with Gasteiger partial charge in [0.05, 0.1) is 35.0 Å². The molecule has 3 heterocycles. The Bertz CT molecular complexity index is 1820. The molecule has 44 heavy (non-hydrogen) atoms. The first-order valence-electron chi connectivity index (χ1n) is 13.2. The number of thioether (sulfide) groups is 1. The van der Waals surface area contributed by atoms with Crippen LogP contribution in [-0.2, 0) is 20.6 Å². The van der Waals surface area contributed by atoms with Gasteiger partial charge in [0.2, 0.25) is 11.8 Å². The van der Waals surface area contributed by atoms with Crippen molar-refractivity contribution in [3.63, 3.8) is 0 Å². The van der Waals surface area contributed by atoms with Gasteiger partial charge in [-0.2, -0.15) is 13.2 Å². The Morgan fingerprint density at radius 3 is 2.41 bits per heavy atom. The quantitative estimate of drug-likeness (QED) is 0.264. The summed E-state index contributed by atoms with van der Waals surface area (Å²) in [6.07, 6.45) is -4.67. The number of aromatic amines is 1. The van der Waals surface area contributed by atoms with E-state index in [0.29, 0.717) is 26.9 Å². The first kappa shape index (κ1) is 29.5. The van der Waals surface area contributed by atoms with Gasteiger partial charge in [-0.3, -0.25) is 19.2 Å². The molecule has 0 saturated carbocycles. The minimum atomic E-state index is -4.67. The number of hydrogen-bond acceptors (Lipinski definition) is 8. The van der Waals surface area contributed by atoms with Crippen molar-refractivity contribution in [3.8, 4) is 11.5 Å². The standard InChI is InChI=1S/C30H22F3N3O6S2/c1-41-16-12-10-15(11-13-16)36-27(38)23-22(24-26(35-29(40)44-24)43-25(23)28(36)39)17-6-2-5-9-20(17)42-14-21(37)34-19-8-4-3-7-18(19)30(31,32)33/h2-13,22-23,25H,14H2,1H3,(H,34,37)(H,35,40). The summed E-state index contributed by atoms with van der Waals surface area (Å²) >= 11 is 2.03.